The van der Waals surface area contributed by atoms with Gasteiger partial charge in [-0.25, -0.2) is 0 Å². The van der Waals surface area contributed by atoms with Crippen LogP contribution in [0.5, 0.6) is 0 Å². The minimum Gasteiger partial charge on any atom is -0.342 e. The molecule has 0 radical (unpaired) electrons. The Morgan fingerprint density at radius 1 is 1.44 bits per heavy atom. The fourth-order valence-electron chi connectivity index (χ4n) is 2.07. The lowest BCUT2D eigenvalue weighted by atomic mass is 9.94. The number of hydrogen-bond acceptors (Lipinski definition) is 2. The highest BCUT2D eigenvalue weighted by Crippen LogP contribution is 2.17. The zero-order valence-electron chi connectivity index (χ0n) is 11.6. The van der Waals surface area contributed by atoms with E-state index in [2.05, 4.69) is 17.2 Å². The van der Waals surface area contributed by atoms with Crippen LogP contribution in [0.3, 0.4) is 0 Å². The van der Waals surface area contributed by atoms with Crippen LogP contribution in [-0.2, 0) is 9.59 Å². The largest absolute Gasteiger partial charge is 0.342 e. The van der Waals surface area contributed by atoms with Gasteiger partial charge in [-0.3, -0.25) is 9.59 Å². The summed E-state index contributed by atoms with van der Waals surface area (Å²) in [5, 5.41) is 2.82. The fraction of sp³-hybridized carbons (Fsp3) is 0.714. The van der Waals surface area contributed by atoms with Crippen molar-refractivity contribution in [1.29, 1.82) is 0 Å². The van der Waals surface area contributed by atoms with Gasteiger partial charge >= 0.3 is 0 Å². The number of hydrogen-bond donors (Lipinski definition) is 1. The highest BCUT2D eigenvalue weighted by molar-refractivity contribution is 5.96. The molecule has 1 aliphatic rings. The van der Waals surface area contributed by atoms with Gasteiger partial charge in [-0.05, 0) is 19.8 Å². The van der Waals surface area contributed by atoms with Crippen molar-refractivity contribution in [1.82, 2.24) is 10.2 Å². The molecule has 0 aromatic carbocycles. The number of carbonyl (C=O) groups is 2. The standard InChI is InChI=1S/C14H22N2O2/c1-5-7-8-9-16-11(4)13(17)15-12(14(16)18)10(3)6-2/h10-12H,6,8-9H2,1-4H3,(H,15,17). The Morgan fingerprint density at radius 2 is 2.11 bits per heavy atom. The van der Waals surface area contributed by atoms with Crippen molar-refractivity contribution in [3.05, 3.63) is 0 Å². The van der Waals surface area contributed by atoms with Crippen LogP contribution in [0, 0.1) is 17.8 Å². The third-order valence-corrected chi connectivity index (χ3v) is 3.56. The second-order valence-electron chi connectivity index (χ2n) is 4.76. The topological polar surface area (TPSA) is 49.4 Å². The van der Waals surface area contributed by atoms with E-state index >= 15 is 0 Å². The van der Waals surface area contributed by atoms with Crippen molar-refractivity contribution in [2.24, 2.45) is 5.92 Å². The number of carbonyl (C=O) groups excluding carboxylic acids is 2. The van der Waals surface area contributed by atoms with E-state index in [0.717, 1.165) is 6.42 Å². The Bertz CT molecular complexity index is 381. The smallest absolute Gasteiger partial charge is 0.246 e. The summed E-state index contributed by atoms with van der Waals surface area (Å²) in [6.07, 6.45) is 1.49. The van der Waals surface area contributed by atoms with E-state index in [1.165, 1.54) is 0 Å². The van der Waals surface area contributed by atoms with Crippen molar-refractivity contribution in [3.63, 3.8) is 0 Å². The number of piperazine rings is 1. The van der Waals surface area contributed by atoms with Gasteiger partial charge in [-0.1, -0.05) is 20.3 Å². The predicted molar refractivity (Wildman–Crippen MR) is 70.6 cm³/mol. The second kappa shape index (κ2) is 6.44. The molecule has 2 amide bonds. The van der Waals surface area contributed by atoms with Crippen LogP contribution >= 0.6 is 0 Å². The molecule has 0 aromatic heterocycles. The van der Waals surface area contributed by atoms with E-state index in [-0.39, 0.29) is 23.8 Å². The molecule has 0 aromatic rings. The average molecular weight is 250 g/mol. The number of nitrogens with one attached hydrogen (secondary N) is 1. The van der Waals surface area contributed by atoms with E-state index in [4.69, 9.17) is 0 Å². The third-order valence-electron chi connectivity index (χ3n) is 3.56. The summed E-state index contributed by atoms with van der Waals surface area (Å²) in [5.74, 6) is 5.86. The molecule has 0 spiro atoms. The first-order chi connectivity index (χ1) is 8.52. The molecule has 3 atom stereocenters. The molecule has 4 heteroatoms. The van der Waals surface area contributed by atoms with Gasteiger partial charge in [-0.15, -0.1) is 11.8 Å². The molecular formula is C14H22N2O2. The monoisotopic (exact) mass is 250 g/mol. The molecule has 1 N–H and O–H groups in total. The second-order valence-corrected chi connectivity index (χ2v) is 4.76. The zero-order valence-corrected chi connectivity index (χ0v) is 11.6. The van der Waals surface area contributed by atoms with Gasteiger partial charge in [0.1, 0.15) is 12.1 Å². The van der Waals surface area contributed by atoms with Gasteiger partial charge in [0.05, 0.1) is 0 Å². The Hall–Kier alpha value is -1.50. The van der Waals surface area contributed by atoms with Gasteiger partial charge in [-0.2, -0.15) is 0 Å². The summed E-state index contributed by atoms with van der Waals surface area (Å²) in [4.78, 5) is 25.9. The average Bonchev–Trinajstić information content (AvgIpc) is 2.37. The molecule has 18 heavy (non-hydrogen) atoms. The van der Waals surface area contributed by atoms with Crippen molar-refractivity contribution in [3.8, 4) is 11.8 Å². The molecular weight excluding hydrogens is 228 g/mol. The van der Waals surface area contributed by atoms with Crippen LogP contribution in [0.1, 0.15) is 40.5 Å². The number of amides is 2. The molecule has 1 heterocycles. The van der Waals surface area contributed by atoms with Crippen LogP contribution in [0.15, 0.2) is 0 Å². The first kappa shape index (κ1) is 14.6. The van der Waals surface area contributed by atoms with Crippen molar-refractivity contribution >= 4 is 11.8 Å². The predicted octanol–water partition coefficient (Wildman–Crippen LogP) is 1.16. The molecule has 0 aliphatic carbocycles. The van der Waals surface area contributed by atoms with Crippen LogP contribution in [0.25, 0.3) is 0 Å². The number of nitrogens with zero attached hydrogens (tertiary/aromatic N) is 1. The fourth-order valence-corrected chi connectivity index (χ4v) is 2.07. The van der Waals surface area contributed by atoms with Gasteiger partial charge in [0.2, 0.25) is 11.8 Å². The SMILES string of the molecule is CC#CCCN1C(=O)C(C(C)CC)NC(=O)C1C. The zero-order chi connectivity index (χ0) is 13.7. The first-order valence-corrected chi connectivity index (χ1v) is 6.53. The van der Waals surface area contributed by atoms with Crippen molar-refractivity contribution in [2.75, 3.05) is 6.54 Å². The molecule has 1 rings (SSSR count). The first-order valence-electron chi connectivity index (χ1n) is 6.53. The highest BCUT2D eigenvalue weighted by Gasteiger charge is 2.39. The summed E-state index contributed by atoms with van der Waals surface area (Å²) in [5.41, 5.74) is 0. The lowest BCUT2D eigenvalue weighted by molar-refractivity contribution is -0.150. The van der Waals surface area contributed by atoms with Crippen LogP contribution < -0.4 is 5.32 Å². The van der Waals surface area contributed by atoms with E-state index in [9.17, 15) is 9.59 Å². The maximum absolute atomic E-state index is 12.3. The van der Waals surface area contributed by atoms with Gasteiger partial charge in [0.25, 0.3) is 0 Å². The van der Waals surface area contributed by atoms with Crippen LogP contribution in [0.2, 0.25) is 0 Å². The van der Waals surface area contributed by atoms with Crippen LogP contribution in [-0.4, -0.2) is 35.3 Å². The van der Waals surface area contributed by atoms with Crippen molar-refractivity contribution < 1.29 is 9.59 Å². The molecule has 0 bridgehead atoms. The summed E-state index contributed by atoms with van der Waals surface area (Å²) >= 11 is 0. The molecule has 100 valence electrons. The lowest BCUT2D eigenvalue weighted by Gasteiger charge is -2.39. The van der Waals surface area contributed by atoms with E-state index in [1.807, 2.05) is 13.8 Å². The normalized spacial score (nSPS) is 25.2. The Kier molecular flexibility index (Phi) is 5.21. The maximum Gasteiger partial charge on any atom is 0.246 e. The highest BCUT2D eigenvalue weighted by atomic mass is 16.2. The molecule has 3 unspecified atom stereocenters. The summed E-state index contributed by atoms with van der Waals surface area (Å²) in [7, 11) is 0. The van der Waals surface area contributed by atoms with Gasteiger partial charge in [0, 0.05) is 13.0 Å². The molecule has 1 fully saturated rings. The maximum atomic E-state index is 12.3. The van der Waals surface area contributed by atoms with Crippen molar-refractivity contribution in [2.45, 2.75) is 52.6 Å². The molecule has 1 aliphatic heterocycles. The summed E-state index contributed by atoms with van der Waals surface area (Å²) < 4.78 is 0. The molecule has 4 nitrogen and oxygen atoms in total. The minimum absolute atomic E-state index is 0.0225. The van der Waals surface area contributed by atoms with E-state index in [0.29, 0.717) is 13.0 Å². The van der Waals surface area contributed by atoms with E-state index < -0.39 is 6.04 Å². The van der Waals surface area contributed by atoms with Gasteiger partial charge in [0.15, 0.2) is 0 Å². The van der Waals surface area contributed by atoms with E-state index in [1.54, 1.807) is 18.7 Å². The Labute approximate surface area is 109 Å². The lowest BCUT2D eigenvalue weighted by Crippen LogP contribution is -2.64. The van der Waals surface area contributed by atoms with Gasteiger partial charge < -0.3 is 10.2 Å². The Balaban J connectivity index is 2.80. The Morgan fingerprint density at radius 3 is 2.67 bits per heavy atom. The molecule has 0 saturated carbocycles. The van der Waals surface area contributed by atoms with Crippen LogP contribution in [0.4, 0.5) is 0 Å². The summed E-state index contributed by atoms with van der Waals surface area (Å²) in [6.45, 7) is 8.08. The summed E-state index contributed by atoms with van der Waals surface area (Å²) in [6, 6.07) is -0.773. The third kappa shape index (κ3) is 3.04. The quantitative estimate of drug-likeness (QED) is 0.761. The minimum atomic E-state index is -0.392. The number of rotatable bonds is 4. The molecule has 1 saturated heterocycles.